The number of rotatable bonds is 3. The van der Waals surface area contributed by atoms with E-state index in [1.54, 1.807) is 0 Å². The van der Waals surface area contributed by atoms with Gasteiger partial charge in [0.15, 0.2) is 0 Å². The van der Waals surface area contributed by atoms with E-state index in [1.807, 2.05) is 7.05 Å². The van der Waals surface area contributed by atoms with Gasteiger partial charge in [0.05, 0.1) is 6.10 Å². The summed E-state index contributed by atoms with van der Waals surface area (Å²) in [6.07, 6.45) is 4.31. The van der Waals surface area contributed by atoms with Gasteiger partial charge in [-0.05, 0) is 33.2 Å². The van der Waals surface area contributed by atoms with Gasteiger partial charge in [0.1, 0.15) is 0 Å². The standard InChI is InChI=1S/C8H17NO/c1-3-10-8-6-4-5-7(8)9-2/h7-9H,3-6H2,1-2H3/t7-,8+/m1/s1. The third-order valence-corrected chi connectivity index (χ3v) is 2.20. The van der Waals surface area contributed by atoms with Crippen molar-refractivity contribution in [3.05, 3.63) is 0 Å². The lowest BCUT2D eigenvalue weighted by atomic mass is 10.2. The van der Waals surface area contributed by atoms with Gasteiger partial charge in [-0.3, -0.25) is 0 Å². The van der Waals surface area contributed by atoms with Crippen LogP contribution in [0.3, 0.4) is 0 Å². The lowest BCUT2D eigenvalue weighted by molar-refractivity contribution is 0.0507. The van der Waals surface area contributed by atoms with Crippen LogP contribution in [0.4, 0.5) is 0 Å². The molecule has 1 fully saturated rings. The Hall–Kier alpha value is -0.0800. The van der Waals surface area contributed by atoms with E-state index in [-0.39, 0.29) is 0 Å². The molecule has 0 unspecified atom stereocenters. The molecule has 0 aromatic heterocycles. The van der Waals surface area contributed by atoms with Crippen molar-refractivity contribution in [1.82, 2.24) is 5.32 Å². The van der Waals surface area contributed by atoms with Crippen LogP contribution < -0.4 is 5.32 Å². The second-order valence-electron chi connectivity index (χ2n) is 2.82. The molecule has 0 aromatic carbocycles. The SMILES string of the molecule is CCO[C@H]1CCC[C@H]1NC. The Bertz CT molecular complexity index is 95.3. The van der Waals surface area contributed by atoms with Crippen LogP contribution in [0.5, 0.6) is 0 Å². The van der Waals surface area contributed by atoms with E-state index < -0.39 is 0 Å². The third-order valence-electron chi connectivity index (χ3n) is 2.20. The molecule has 0 bridgehead atoms. The van der Waals surface area contributed by atoms with Crippen molar-refractivity contribution in [2.45, 2.75) is 38.3 Å². The van der Waals surface area contributed by atoms with Crippen LogP contribution in [0.25, 0.3) is 0 Å². The van der Waals surface area contributed by atoms with Crippen molar-refractivity contribution in [2.24, 2.45) is 0 Å². The molecule has 1 aliphatic carbocycles. The first-order valence-corrected chi connectivity index (χ1v) is 4.17. The van der Waals surface area contributed by atoms with Gasteiger partial charge in [-0.25, -0.2) is 0 Å². The fourth-order valence-electron chi connectivity index (χ4n) is 1.67. The van der Waals surface area contributed by atoms with Crippen LogP contribution in [0.2, 0.25) is 0 Å². The maximum absolute atomic E-state index is 5.54. The van der Waals surface area contributed by atoms with E-state index >= 15 is 0 Å². The molecule has 60 valence electrons. The second-order valence-corrected chi connectivity index (χ2v) is 2.82. The minimum absolute atomic E-state index is 0.481. The van der Waals surface area contributed by atoms with Gasteiger partial charge in [-0.2, -0.15) is 0 Å². The summed E-state index contributed by atoms with van der Waals surface area (Å²) in [6, 6.07) is 0.611. The van der Waals surface area contributed by atoms with Gasteiger partial charge in [0, 0.05) is 12.6 Å². The monoisotopic (exact) mass is 143 g/mol. The van der Waals surface area contributed by atoms with Crippen LogP contribution in [-0.2, 0) is 4.74 Å². The molecular weight excluding hydrogens is 126 g/mol. The first-order valence-electron chi connectivity index (χ1n) is 4.17. The average molecular weight is 143 g/mol. The first-order chi connectivity index (χ1) is 4.88. The van der Waals surface area contributed by atoms with Crippen molar-refractivity contribution >= 4 is 0 Å². The van der Waals surface area contributed by atoms with Gasteiger partial charge >= 0.3 is 0 Å². The van der Waals surface area contributed by atoms with Gasteiger partial charge in [-0.1, -0.05) is 0 Å². The molecule has 0 amide bonds. The van der Waals surface area contributed by atoms with Crippen LogP contribution in [0, 0.1) is 0 Å². The van der Waals surface area contributed by atoms with Gasteiger partial charge in [-0.15, -0.1) is 0 Å². The van der Waals surface area contributed by atoms with Crippen molar-refractivity contribution in [3.8, 4) is 0 Å². The zero-order valence-electron chi connectivity index (χ0n) is 6.89. The summed E-state index contributed by atoms with van der Waals surface area (Å²) in [4.78, 5) is 0. The maximum atomic E-state index is 5.54. The number of nitrogens with one attached hydrogen (secondary N) is 1. The van der Waals surface area contributed by atoms with E-state index in [0.29, 0.717) is 12.1 Å². The first kappa shape index (κ1) is 8.02. The summed E-state index contributed by atoms with van der Waals surface area (Å²) in [5, 5.41) is 3.27. The molecular formula is C8H17NO. The lowest BCUT2D eigenvalue weighted by Crippen LogP contribution is -2.34. The highest BCUT2D eigenvalue weighted by Gasteiger charge is 2.25. The summed E-state index contributed by atoms with van der Waals surface area (Å²) >= 11 is 0. The summed E-state index contributed by atoms with van der Waals surface area (Å²) in [7, 11) is 2.02. The molecule has 2 nitrogen and oxygen atoms in total. The smallest absolute Gasteiger partial charge is 0.0727 e. The maximum Gasteiger partial charge on any atom is 0.0727 e. The topological polar surface area (TPSA) is 21.3 Å². The molecule has 1 N–H and O–H groups in total. The largest absolute Gasteiger partial charge is 0.377 e. The number of likely N-dealkylation sites (N-methyl/N-ethyl adjacent to an activating group) is 1. The Morgan fingerprint density at radius 1 is 1.50 bits per heavy atom. The summed E-state index contributed by atoms with van der Waals surface area (Å²) in [5.41, 5.74) is 0. The number of hydrogen-bond donors (Lipinski definition) is 1. The van der Waals surface area contributed by atoms with Crippen molar-refractivity contribution in [3.63, 3.8) is 0 Å². The third kappa shape index (κ3) is 1.70. The van der Waals surface area contributed by atoms with Crippen molar-refractivity contribution < 1.29 is 4.74 Å². The minimum Gasteiger partial charge on any atom is -0.377 e. The molecule has 1 saturated carbocycles. The van der Waals surface area contributed by atoms with Gasteiger partial charge < -0.3 is 10.1 Å². The highest BCUT2D eigenvalue weighted by molar-refractivity contribution is 4.82. The molecule has 0 aliphatic heterocycles. The summed E-state index contributed by atoms with van der Waals surface area (Å²) < 4.78 is 5.54. The van der Waals surface area contributed by atoms with Crippen LogP contribution in [0.15, 0.2) is 0 Å². The molecule has 2 heteroatoms. The molecule has 1 rings (SSSR count). The molecule has 0 heterocycles. The Morgan fingerprint density at radius 3 is 2.90 bits per heavy atom. The van der Waals surface area contributed by atoms with E-state index in [1.165, 1.54) is 19.3 Å². The Kier molecular flexibility index (Phi) is 3.16. The molecule has 10 heavy (non-hydrogen) atoms. The molecule has 1 aliphatic rings. The predicted molar refractivity (Wildman–Crippen MR) is 42.1 cm³/mol. The fourth-order valence-corrected chi connectivity index (χ4v) is 1.67. The highest BCUT2D eigenvalue weighted by Crippen LogP contribution is 2.21. The lowest BCUT2D eigenvalue weighted by Gasteiger charge is -2.18. The Balaban J connectivity index is 2.27. The fraction of sp³-hybridized carbons (Fsp3) is 1.00. The molecule has 0 aromatic rings. The van der Waals surface area contributed by atoms with E-state index in [2.05, 4.69) is 12.2 Å². The van der Waals surface area contributed by atoms with Crippen molar-refractivity contribution in [1.29, 1.82) is 0 Å². The van der Waals surface area contributed by atoms with E-state index in [4.69, 9.17) is 4.74 Å². The van der Waals surface area contributed by atoms with E-state index in [9.17, 15) is 0 Å². The number of ether oxygens (including phenoxy) is 1. The van der Waals surface area contributed by atoms with Gasteiger partial charge in [0.2, 0.25) is 0 Å². The second kappa shape index (κ2) is 3.94. The van der Waals surface area contributed by atoms with Gasteiger partial charge in [0.25, 0.3) is 0 Å². The zero-order chi connectivity index (χ0) is 7.40. The molecule has 0 spiro atoms. The number of hydrogen-bond acceptors (Lipinski definition) is 2. The quantitative estimate of drug-likeness (QED) is 0.640. The predicted octanol–water partition coefficient (Wildman–Crippen LogP) is 1.16. The normalized spacial score (nSPS) is 33.0. The highest BCUT2D eigenvalue weighted by atomic mass is 16.5. The van der Waals surface area contributed by atoms with Crippen LogP contribution in [-0.4, -0.2) is 25.8 Å². The van der Waals surface area contributed by atoms with Crippen molar-refractivity contribution in [2.75, 3.05) is 13.7 Å². The van der Waals surface area contributed by atoms with E-state index in [0.717, 1.165) is 6.61 Å². The van der Waals surface area contributed by atoms with Crippen LogP contribution in [0.1, 0.15) is 26.2 Å². The minimum atomic E-state index is 0.481. The average Bonchev–Trinajstić information content (AvgIpc) is 2.36. The van der Waals surface area contributed by atoms with Crippen LogP contribution >= 0.6 is 0 Å². The molecule has 2 atom stereocenters. The Labute approximate surface area is 63.0 Å². The summed E-state index contributed by atoms with van der Waals surface area (Å²) in [6.45, 7) is 2.91. The zero-order valence-corrected chi connectivity index (χ0v) is 6.89. The molecule has 0 saturated heterocycles. The summed E-state index contributed by atoms with van der Waals surface area (Å²) in [5.74, 6) is 0. The Morgan fingerprint density at radius 2 is 2.30 bits per heavy atom. The molecule has 0 radical (unpaired) electrons.